The predicted octanol–water partition coefficient (Wildman–Crippen LogP) is 1.76. The van der Waals surface area contributed by atoms with E-state index in [9.17, 15) is 9.59 Å². The fourth-order valence-electron chi connectivity index (χ4n) is 0.582. The third kappa shape index (κ3) is 6.15. The fourth-order valence-corrected chi connectivity index (χ4v) is 0.846. The van der Waals surface area contributed by atoms with E-state index in [0.717, 1.165) is 0 Å². The summed E-state index contributed by atoms with van der Waals surface area (Å²) in [5, 5.41) is 0.125. The van der Waals surface area contributed by atoms with Crippen molar-refractivity contribution in [2.75, 3.05) is 10.7 Å². The normalized spacial score (nSPS) is 10.6. The van der Waals surface area contributed by atoms with Crippen LogP contribution in [0.1, 0.15) is 6.92 Å². The van der Waals surface area contributed by atoms with Gasteiger partial charge in [0.05, 0.1) is 0 Å². The molecule has 14 heavy (non-hydrogen) atoms. The van der Waals surface area contributed by atoms with E-state index in [4.69, 9.17) is 9.47 Å². The standard InChI is InChI=1S/C8H10Br2O4/c1-2-3-8(13-6(11)4-9)14-7(12)5-10/h2-3,8H,4-5H2,1H3. The molecule has 0 bridgehead atoms. The molecule has 0 unspecified atom stereocenters. The number of rotatable bonds is 5. The lowest BCUT2D eigenvalue weighted by molar-refractivity contribution is -0.175. The summed E-state index contributed by atoms with van der Waals surface area (Å²) in [5.41, 5.74) is 0. The molecule has 0 saturated carbocycles. The van der Waals surface area contributed by atoms with Crippen molar-refractivity contribution in [3.05, 3.63) is 12.2 Å². The summed E-state index contributed by atoms with van der Waals surface area (Å²) in [5.74, 6) is -0.981. The molecular weight excluding hydrogens is 320 g/mol. The molecular formula is C8H10Br2O4. The van der Waals surface area contributed by atoms with E-state index in [0.29, 0.717) is 0 Å². The zero-order valence-corrected chi connectivity index (χ0v) is 10.7. The molecule has 80 valence electrons. The van der Waals surface area contributed by atoms with Crippen molar-refractivity contribution in [1.29, 1.82) is 0 Å². The number of hydrogen-bond acceptors (Lipinski definition) is 4. The number of halogens is 2. The van der Waals surface area contributed by atoms with Gasteiger partial charge in [0.25, 0.3) is 6.29 Å². The van der Waals surface area contributed by atoms with Gasteiger partial charge in [0.2, 0.25) is 0 Å². The summed E-state index contributed by atoms with van der Waals surface area (Å²) in [6.45, 7) is 1.73. The van der Waals surface area contributed by atoms with Gasteiger partial charge in [-0.2, -0.15) is 0 Å². The molecule has 0 aromatic carbocycles. The molecule has 0 rings (SSSR count). The lowest BCUT2D eigenvalue weighted by Gasteiger charge is -2.13. The first-order valence-corrected chi connectivity index (χ1v) is 6.02. The molecule has 4 nitrogen and oxygen atoms in total. The average molecular weight is 330 g/mol. The number of carbonyl (C=O) groups excluding carboxylic acids is 2. The maximum atomic E-state index is 10.9. The van der Waals surface area contributed by atoms with E-state index in [1.165, 1.54) is 6.08 Å². The molecule has 0 aromatic rings. The van der Waals surface area contributed by atoms with Crippen LogP contribution < -0.4 is 0 Å². The van der Waals surface area contributed by atoms with Crippen LogP contribution >= 0.6 is 31.9 Å². The molecule has 0 spiro atoms. The van der Waals surface area contributed by atoms with Gasteiger partial charge in [-0.1, -0.05) is 37.9 Å². The summed E-state index contributed by atoms with van der Waals surface area (Å²) in [4.78, 5) is 21.7. The summed E-state index contributed by atoms with van der Waals surface area (Å²) in [7, 11) is 0. The third-order valence-corrected chi connectivity index (χ3v) is 1.98. The van der Waals surface area contributed by atoms with Gasteiger partial charge in [0, 0.05) is 0 Å². The van der Waals surface area contributed by atoms with E-state index in [2.05, 4.69) is 31.9 Å². The maximum absolute atomic E-state index is 10.9. The fraction of sp³-hybridized carbons (Fsp3) is 0.500. The number of ether oxygens (including phenoxy) is 2. The highest BCUT2D eigenvalue weighted by atomic mass is 79.9. The first kappa shape index (κ1) is 13.6. The van der Waals surface area contributed by atoms with Crippen molar-refractivity contribution >= 4 is 43.8 Å². The molecule has 0 aliphatic rings. The number of hydrogen-bond donors (Lipinski definition) is 0. The van der Waals surface area contributed by atoms with Gasteiger partial charge >= 0.3 is 11.9 Å². The van der Waals surface area contributed by atoms with Gasteiger partial charge in [-0.15, -0.1) is 0 Å². The highest BCUT2D eigenvalue weighted by molar-refractivity contribution is 9.09. The van der Waals surface area contributed by atoms with Gasteiger partial charge in [-0.25, -0.2) is 0 Å². The Morgan fingerprint density at radius 3 is 1.93 bits per heavy atom. The van der Waals surface area contributed by atoms with Crippen LogP contribution in [0.5, 0.6) is 0 Å². The highest BCUT2D eigenvalue weighted by Crippen LogP contribution is 2.01. The van der Waals surface area contributed by atoms with Crippen molar-refractivity contribution in [3.63, 3.8) is 0 Å². The second kappa shape index (κ2) is 7.99. The SMILES string of the molecule is CC=CC(OC(=O)CBr)OC(=O)CBr. The molecule has 0 amide bonds. The lowest BCUT2D eigenvalue weighted by Crippen LogP contribution is -2.23. The van der Waals surface area contributed by atoms with Crippen LogP contribution in [0.25, 0.3) is 0 Å². The number of carbonyl (C=O) groups is 2. The molecule has 0 heterocycles. The van der Waals surface area contributed by atoms with E-state index >= 15 is 0 Å². The summed E-state index contributed by atoms with van der Waals surface area (Å²) >= 11 is 5.86. The molecule has 0 radical (unpaired) electrons. The van der Waals surface area contributed by atoms with Gasteiger partial charge in [-0.05, 0) is 13.0 Å². The van der Waals surface area contributed by atoms with Crippen LogP contribution in [-0.2, 0) is 19.1 Å². The smallest absolute Gasteiger partial charge is 0.319 e. The molecule has 0 atom stereocenters. The zero-order chi connectivity index (χ0) is 11.0. The Morgan fingerprint density at radius 1 is 1.21 bits per heavy atom. The molecule has 0 fully saturated rings. The Hall–Kier alpha value is -0.360. The van der Waals surface area contributed by atoms with Crippen molar-refractivity contribution in [1.82, 2.24) is 0 Å². The van der Waals surface area contributed by atoms with Crippen molar-refractivity contribution in [3.8, 4) is 0 Å². The average Bonchev–Trinajstić information content (AvgIpc) is 2.17. The van der Waals surface area contributed by atoms with Gasteiger partial charge in [-0.3, -0.25) is 9.59 Å². The largest absolute Gasteiger partial charge is 0.421 e. The highest BCUT2D eigenvalue weighted by Gasteiger charge is 2.14. The maximum Gasteiger partial charge on any atom is 0.319 e. The summed E-state index contributed by atoms with van der Waals surface area (Å²) in [6.07, 6.45) is 2.16. The Balaban J connectivity index is 4.15. The second-order valence-electron chi connectivity index (χ2n) is 2.14. The predicted molar refractivity (Wildman–Crippen MR) is 58.4 cm³/mol. The van der Waals surface area contributed by atoms with Crippen LogP contribution in [-0.4, -0.2) is 28.9 Å². The topological polar surface area (TPSA) is 52.6 Å². The van der Waals surface area contributed by atoms with Crippen LogP contribution in [0, 0.1) is 0 Å². The lowest BCUT2D eigenvalue weighted by atomic mass is 10.5. The van der Waals surface area contributed by atoms with Gasteiger partial charge in [0.1, 0.15) is 10.7 Å². The molecule has 6 heteroatoms. The van der Waals surface area contributed by atoms with E-state index in [-0.39, 0.29) is 10.7 Å². The second-order valence-corrected chi connectivity index (χ2v) is 3.26. The monoisotopic (exact) mass is 328 g/mol. The molecule has 0 N–H and O–H groups in total. The van der Waals surface area contributed by atoms with Crippen molar-refractivity contribution in [2.24, 2.45) is 0 Å². The Morgan fingerprint density at radius 2 is 1.64 bits per heavy atom. The third-order valence-electron chi connectivity index (χ3n) is 1.06. The first-order chi connectivity index (χ1) is 6.63. The van der Waals surface area contributed by atoms with Crippen LogP contribution in [0.3, 0.4) is 0 Å². The van der Waals surface area contributed by atoms with Crippen molar-refractivity contribution < 1.29 is 19.1 Å². The Bertz CT molecular complexity index is 209. The van der Waals surface area contributed by atoms with Gasteiger partial charge in [0.15, 0.2) is 0 Å². The number of esters is 2. The Labute approximate surface area is 98.9 Å². The summed E-state index contributed by atoms with van der Waals surface area (Å²) in [6, 6.07) is 0. The molecule has 0 aliphatic heterocycles. The minimum absolute atomic E-state index is 0.0624. The van der Waals surface area contributed by atoms with E-state index in [1.807, 2.05) is 0 Å². The van der Waals surface area contributed by atoms with Crippen LogP contribution in [0.4, 0.5) is 0 Å². The zero-order valence-electron chi connectivity index (χ0n) is 7.54. The molecule has 0 saturated heterocycles. The number of allylic oxidation sites excluding steroid dienone is 1. The van der Waals surface area contributed by atoms with Crippen molar-refractivity contribution in [2.45, 2.75) is 13.2 Å². The minimum atomic E-state index is -0.949. The minimum Gasteiger partial charge on any atom is -0.421 e. The van der Waals surface area contributed by atoms with Crippen LogP contribution in [0.15, 0.2) is 12.2 Å². The first-order valence-electron chi connectivity index (χ1n) is 3.77. The van der Waals surface area contributed by atoms with E-state index in [1.54, 1.807) is 13.0 Å². The summed E-state index contributed by atoms with van der Waals surface area (Å²) < 4.78 is 9.55. The van der Waals surface area contributed by atoms with Gasteiger partial charge < -0.3 is 9.47 Å². The number of alkyl halides is 2. The Kier molecular flexibility index (Phi) is 7.78. The van der Waals surface area contributed by atoms with Crippen LogP contribution in [0.2, 0.25) is 0 Å². The molecule has 0 aromatic heterocycles. The molecule has 0 aliphatic carbocycles. The quantitative estimate of drug-likeness (QED) is 0.334. The van der Waals surface area contributed by atoms with E-state index < -0.39 is 18.2 Å².